The third-order valence-corrected chi connectivity index (χ3v) is 4.18. The number of halogens is 2. The molecule has 0 unspecified atom stereocenters. The number of amides is 1. The minimum Gasteiger partial charge on any atom is -0.397 e. The van der Waals surface area contributed by atoms with Crippen molar-refractivity contribution in [2.75, 3.05) is 11.1 Å². The van der Waals surface area contributed by atoms with Gasteiger partial charge in [-0.3, -0.25) is 4.79 Å². The molecule has 0 heterocycles. The molecule has 2 rings (SSSR count). The molecule has 0 spiro atoms. The summed E-state index contributed by atoms with van der Waals surface area (Å²) in [6, 6.07) is 10.9. The highest BCUT2D eigenvalue weighted by atomic mass is 35.5. The summed E-state index contributed by atoms with van der Waals surface area (Å²) in [6.07, 6.45) is 0. The lowest BCUT2D eigenvalue weighted by atomic mass is 10.2. The molecule has 0 saturated carbocycles. The van der Waals surface area contributed by atoms with E-state index >= 15 is 0 Å². The van der Waals surface area contributed by atoms with Gasteiger partial charge in [0.25, 0.3) is 0 Å². The van der Waals surface area contributed by atoms with Gasteiger partial charge in [0.15, 0.2) is 0 Å². The van der Waals surface area contributed by atoms with E-state index in [1.54, 1.807) is 18.2 Å². The van der Waals surface area contributed by atoms with Crippen molar-refractivity contribution in [1.29, 1.82) is 0 Å². The minimum absolute atomic E-state index is 0.159. The zero-order chi connectivity index (χ0) is 14.7. The van der Waals surface area contributed by atoms with Crippen LogP contribution in [0.5, 0.6) is 0 Å². The smallest absolute Gasteiger partial charge is 0.221 e. The van der Waals surface area contributed by atoms with Gasteiger partial charge in [-0.05, 0) is 36.4 Å². The highest BCUT2D eigenvalue weighted by Gasteiger charge is 2.06. The standard InChI is InChI=1S/C14H12Cl2N2OS/c1-8(19)18-14-7-10(3-5-13(14)17)20-9-2-4-11(15)12(16)6-9/h2-7H,17H2,1H3,(H,18,19). The van der Waals surface area contributed by atoms with Crippen LogP contribution in [0.3, 0.4) is 0 Å². The molecule has 0 radical (unpaired) electrons. The van der Waals surface area contributed by atoms with E-state index in [9.17, 15) is 4.79 Å². The average molecular weight is 327 g/mol. The summed E-state index contributed by atoms with van der Waals surface area (Å²) in [5.74, 6) is -0.159. The SMILES string of the molecule is CC(=O)Nc1cc(Sc2ccc(Cl)c(Cl)c2)ccc1N. The van der Waals surface area contributed by atoms with Gasteiger partial charge >= 0.3 is 0 Å². The molecular weight excluding hydrogens is 315 g/mol. The van der Waals surface area contributed by atoms with Crippen molar-refractivity contribution in [3.8, 4) is 0 Å². The van der Waals surface area contributed by atoms with Gasteiger partial charge in [0.05, 0.1) is 21.4 Å². The second kappa shape index (κ2) is 6.39. The van der Waals surface area contributed by atoms with E-state index in [0.29, 0.717) is 21.4 Å². The molecule has 104 valence electrons. The van der Waals surface area contributed by atoms with Crippen molar-refractivity contribution >= 4 is 52.2 Å². The second-order valence-electron chi connectivity index (χ2n) is 4.11. The number of hydrogen-bond donors (Lipinski definition) is 2. The van der Waals surface area contributed by atoms with Gasteiger partial charge < -0.3 is 11.1 Å². The van der Waals surface area contributed by atoms with Crippen LogP contribution in [0.15, 0.2) is 46.2 Å². The summed E-state index contributed by atoms with van der Waals surface area (Å²) in [4.78, 5) is 13.0. The van der Waals surface area contributed by atoms with Gasteiger partial charge in [0, 0.05) is 16.7 Å². The lowest BCUT2D eigenvalue weighted by Crippen LogP contribution is -2.07. The Morgan fingerprint density at radius 2 is 1.75 bits per heavy atom. The summed E-state index contributed by atoms with van der Waals surface area (Å²) in [5, 5.41) is 3.72. The molecule has 3 nitrogen and oxygen atoms in total. The zero-order valence-corrected chi connectivity index (χ0v) is 12.9. The number of anilines is 2. The number of hydrogen-bond acceptors (Lipinski definition) is 3. The van der Waals surface area contributed by atoms with E-state index in [2.05, 4.69) is 5.32 Å². The molecule has 0 aliphatic carbocycles. The van der Waals surface area contributed by atoms with Crippen molar-refractivity contribution in [1.82, 2.24) is 0 Å². The normalized spacial score (nSPS) is 10.3. The predicted molar refractivity (Wildman–Crippen MR) is 85.7 cm³/mol. The number of benzene rings is 2. The van der Waals surface area contributed by atoms with Gasteiger partial charge in [-0.2, -0.15) is 0 Å². The fraction of sp³-hybridized carbons (Fsp3) is 0.0714. The van der Waals surface area contributed by atoms with Gasteiger partial charge in [-0.1, -0.05) is 35.0 Å². The van der Waals surface area contributed by atoms with E-state index in [-0.39, 0.29) is 5.91 Å². The molecule has 0 aromatic heterocycles. The first-order valence-electron chi connectivity index (χ1n) is 5.76. The molecule has 0 saturated heterocycles. The predicted octanol–water partition coefficient (Wildman–Crippen LogP) is 4.69. The lowest BCUT2D eigenvalue weighted by Gasteiger charge is -2.09. The molecule has 2 aromatic rings. The molecule has 6 heteroatoms. The zero-order valence-electron chi connectivity index (χ0n) is 10.6. The number of rotatable bonds is 3. The maximum absolute atomic E-state index is 11.1. The van der Waals surface area contributed by atoms with Crippen LogP contribution in [0.1, 0.15) is 6.92 Å². The van der Waals surface area contributed by atoms with Crippen molar-refractivity contribution in [3.05, 3.63) is 46.4 Å². The average Bonchev–Trinajstić information content (AvgIpc) is 2.37. The van der Waals surface area contributed by atoms with Crippen LogP contribution >= 0.6 is 35.0 Å². The maximum atomic E-state index is 11.1. The molecule has 0 fully saturated rings. The van der Waals surface area contributed by atoms with E-state index < -0.39 is 0 Å². The first-order valence-corrected chi connectivity index (χ1v) is 7.33. The quantitative estimate of drug-likeness (QED) is 0.805. The van der Waals surface area contributed by atoms with Crippen molar-refractivity contribution in [3.63, 3.8) is 0 Å². The van der Waals surface area contributed by atoms with Gasteiger partial charge in [0.1, 0.15) is 0 Å². The largest absolute Gasteiger partial charge is 0.397 e. The van der Waals surface area contributed by atoms with Crippen LogP contribution in [0.25, 0.3) is 0 Å². The molecule has 3 N–H and O–H groups in total. The Balaban J connectivity index is 2.24. The lowest BCUT2D eigenvalue weighted by molar-refractivity contribution is -0.114. The Morgan fingerprint density at radius 1 is 1.10 bits per heavy atom. The summed E-state index contributed by atoms with van der Waals surface area (Å²) in [5.41, 5.74) is 6.94. The van der Waals surface area contributed by atoms with Gasteiger partial charge in [-0.25, -0.2) is 0 Å². The molecule has 2 aromatic carbocycles. The van der Waals surface area contributed by atoms with E-state index in [4.69, 9.17) is 28.9 Å². The fourth-order valence-electron chi connectivity index (χ4n) is 1.57. The molecule has 0 atom stereocenters. The first-order chi connectivity index (χ1) is 9.45. The van der Waals surface area contributed by atoms with E-state index in [0.717, 1.165) is 9.79 Å². The Kier molecular flexibility index (Phi) is 4.81. The highest BCUT2D eigenvalue weighted by Crippen LogP contribution is 2.34. The van der Waals surface area contributed by atoms with E-state index in [1.165, 1.54) is 18.7 Å². The number of nitrogens with two attached hydrogens (primary N) is 1. The summed E-state index contributed by atoms with van der Waals surface area (Å²) < 4.78 is 0. The Bertz CT molecular complexity index is 662. The number of carbonyl (C=O) groups excluding carboxylic acids is 1. The number of carbonyl (C=O) groups is 1. The number of nitrogens with one attached hydrogen (secondary N) is 1. The van der Waals surface area contributed by atoms with Gasteiger partial charge in [-0.15, -0.1) is 0 Å². The second-order valence-corrected chi connectivity index (χ2v) is 6.07. The van der Waals surface area contributed by atoms with Crippen molar-refractivity contribution < 1.29 is 4.79 Å². The van der Waals surface area contributed by atoms with Crippen molar-refractivity contribution in [2.24, 2.45) is 0 Å². The van der Waals surface area contributed by atoms with Crippen LogP contribution in [0.2, 0.25) is 10.0 Å². The molecular formula is C14H12Cl2N2OS. The summed E-state index contributed by atoms with van der Waals surface area (Å²) in [6.45, 7) is 1.44. The molecule has 20 heavy (non-hydrogen) atoms. The van der Waals surface area contributed by atoms with Crippen LogP contribution < -0.4 is 11.1 Å². The Morgan fingerprint density at radius 3 is 2.40 bits per heavy atom. The molecule has 0 bridgehead atoms. The Hall–Kier alpha value is -1.36. The van der Waals surface area contributed by atoms with Gasteiger partial charge in [0.2, 0.25) is 5.91 Å². The van der Waals surface area contributed by atoms with E-state index in [1.807, 2.05) is 18.2 Å². The topological polar surface area (TPSA) is 55.1 Å². The van der Waals surface area contributed by atoms with Crippen LogP contribution in [0, 0.1) is 0 Å². The molecule has 1 amide bonds. The third kappa shape index (κ3) is 3.82. The third-order valence-electron chi connectivity index (χ3n) is 2.46. The Labute approximate surface area is 131 Å². The maximum Gasteiger partial charge on any atom is 0.221 e. The summed E-state index contributed by atoms with van der Waals surface area (Å²) >= 11 is 13.4. The molecule has 0 aliphatic heterocycles. The van der Waals surface area contributed by atoms with Crippen LogP contribution in [0.4, 0.5) is 11.4 Å². The summed E-state index contributed by atoms with van der Waals surface area (Å²) in [7, 11) is 0. The van der Waals surface area contributed by atoms with Crippen molar-refractivity contribution in [2.45, 2.75) is 16.7 Å². The number of nitrogen functional groups attached to an aromatic ring is 1. The first kappa shape index (κ1) is 15.0. The van der Waals surface area contributed by atoms with Crippen LogP contribution in [-0.2, 0) is 4.79 Å². The van der Waals surface area contributed by atoms with Crippen LogP contribution in [-0.4, -0.2) is 5.91 Å². The highest BCUT2D eigenvalue weighted by molar-refractivity contribution is 7.99. The minimum atomic E-state index is -0.159. The monoisotopic (exact) mass is 326 g/mol. The fourth-order valence-corrected chi connectivity index (χ4v) is 2.83. The molecule has 0 aliphatic rings.